The third kappa shape index (κ3) is 2.37. The first-order chi connectivity index (χ1) is 9.54. The Kier molecular flexibility index (Phi) is 3.37. The standard InChI is InChI=1S/C13H14BrN3O3/c1-7-5-10(14)19-11(7)13(18)17-4-3-9(6-17)12-15-8(2)16-20-12/h5,9H,3-4,6H2,1-2H3/t9-/m0/s1. The number of amides is 1. The van der Waals surface area contributed by atoms with Gasteiger partial charge in [-0.25, -0.2) is 0 Å². The molecule has 0 aliphatic carbocycles. The maximum atomic E-state index is 12.4. The van der Waals surface area contributed by atoms with E-state index in [1.54, 1.807) is 17.9 Å². The molecule has 2 aromatic heterocycles. The van der Waals surface area contributed by atoms with Crippen molar-refractivity contribution in [2.45, 2.75) is 26.2 Å². The van der Waals surface area contributed by atoms with Gasteiger partial charge in [-0.1, -0.05) is 5.16 Å². The van der Waals surface area contributed by atoms with Crippen LogP contribution in [0.1, 0.15) is 40.2 Å². The fraction of sp³-hybridized carbons (Fsp3) is 0.462. The maximum Gasteiger partial charge on any atom is 0.289 e. The molecule has 1 amide bonds. The number of aryl methyl sites for hydroxylation is 2. The zero-order chi connectivity index (χ0) is 14.3. The highest BCUT2D eigenvalue weighted by atomic mass is 79.9. The predicted octanol–water partition coefficient (Wildman–Crippen LogP) is 2.67. The lowest BCUT2D eigenvalue weighted by atomic mass is 10.1. The van der Waals surface area contributed by atoms with Gasteiger partial charge in [0.15, 0.2) is 16.3 Å². The van der Waals surface area contributed by atoms with Crippen LogP contribution in [0.3, 0.4) is 0 Å². The van der Waals surface area contributed by atoms with Crippen molar-refractivity contribution in [3.63, 3.8) is 0 Å². The molecular weight excluding hydrogens is 326 g/mol. The Balaban J connectivity index is 1.74. The van der Waals surface area contributed by atoms with Crippen LogP contribution in [0.4, 0.5) is 0 Å². The molecule has 7 heteroatoms. The van der Waals surface area contributed by atoms with E-state index in [0.29, 0.717) is 35.2 Å². The van der Waals surface area contributed by atoms with Crippen molar-refractivity contribution >= 4 is 21.8 Å². The minimum Gasteiger partial charge on any atom is -0.444 e. The number of likely N-dealkylation sites (tertiary alicyclic amines) is 1. The number of rotatable bonds is 2. The number of furan rings is 1. The van der Waals surface area contributed by atoms with E-state index in [2.05, 4.69) is 26.1 Å². The highest BCUT2D eigenvalue weighted by molar-refractivity contribution is 9.10. The summed E-state index contributed by atoms with van der Waals surface area (Å²) in [4.78, 5) is 18.4. The molecule has 0 aromatic carbocycles. The molecule has 3 heterocycles. The number of nitrogens with zero attached hydrogens (tertiary/aromatic N) is 3. The third-order valence-electron chi connectivity index (χ3n) is 3.45. The second-order valence-corrected chi connectivity index (χ2v) is 5.76. The van der Waals surface area contributed by atoms with Crippen molar-refractivity contribution in [2.24, 2.45) is 0 Å². The zero-order valence-corrected chi connectivity index (χ0v) is 12.8. The minimum atomic E-state index is -0.0908. The Morgan fingerprint density at radius 3 is 2.90 bits per heavy atom. The van der Waals surface area contributed by atoms with Crippen LogP contribution in [0.25, 0.3) is 0 Å². The van der Waals surface area contributed by atoms with Gasteiger partial charge in [-0.05, 0) is 42.3 Å². The fourth-order valence-corrected chi connectivity index (χ4v) is 2.93. The molecule has 0 unspecified atom stereocenters. The van der Waals surface area contributed by atoms with Crippen LogP contribution in [0, 0.1) is 13.8 Å². The van der Waals surface area contributed by atoms with Crippen molar-refractivity contribution in [1.29, 1.82) is 0 Å². The number of carbonyl (C=O) groups is 1. The van der Waals surface area contributed by atoms with Crippen LogP contribution in [0.2, 0.25) is 0 Å². The number of hydrogen-bond acceptors (Lipinski definition) is 5. The first-order valence-electron chi connectivity index (χ1n) is 6.40. The van der Waals surface area contributed by atoms with E-state index in [0.717, 1.165) is 12.0 Å². The molecule has 0 saturated carbocycles. The fourth-order valence-electron chi connectivity index (χ4n) is 2.42. The van der Waals surface area contributed by atoms with Gasteiger partial charge in [0.05, 0.1) is 5.92 Å². The Morgan fingerprint density at radius 1 is 1.50 bits per heavy atom. The van der Waals surface area contributed by atoms with E-state index in [9.17, 15) is 4.79 Å². The molecule has 1 aliphatic rings. The van der Waals surface area contributed by atoms with Gasteiger partial charge in [0.2, 0.25) is 5.89 Å². The van der Waals surface area contributed by atoms with Gasteiger partial charge in [-0.15, -0.1) is 0 Å². The van der Waals surface area contributed by atoms with Crippen molar-refractivity contribution in [2.75, 3.05) is 13.1 Å². The number of aromatic nitrogens is 2. The lowest BCUT2D eigenvalue weighted by Gasteiger charge is -2.14. The number of halogens is 1. The Bertz CT molecular complexity index is 649. The summed E-state index contributed by atoms with van der Waals surface area (Å²) in [5.74, 6) is 1.63. The molecule has 0 N–H and O–H groups in total. The Labute approximate surface area is 124 Å². The largest absolute Gasteiger partial charge is 0.444 e. The van der Waals surface area contributed by atoms with Crippen LogP contribution in [-0.4, -0.2) is 34.0 Å². The molecular formula is C13H14BrN3O3. The topological polar surface area (TPSA) is 72.4 Å². The van der Waals surface area contributed by atoms with E-state index in [4.69, 9.17) is 8.94 Å². The van der Waals surface area contributed by atoms with E-state index < -0.39 is 0 Å². The molecule has 1 atom stereocenters. The van der Waals surface area contributed by atoms with E-state index in [1.165, 1.54) is 0 Å². The molecule has 106 valence electrons. The van der Waals surface area contributed by atoms with Crippen LogP contribution in [0.15, 0.2) is 19.7 Å². The Morgan fingerprint density at radius 2 is 2.30 bits per heavy atom. The average Bonchev–Trinajstić information content (AvgIpc) is 3.08. The van der Waals surface area contributed by atoms with Crippen LogP contribution in [0.5, 0.6) is 0 Å². The summed E-state index contributed by atoms with van der Waals surface area (Å²) in [7, 11) is 0. The monoisotopic (exact) mass is 339 g/mol. The predicted molar refractivity (Wildman–Crippen MR) is 73.4 cm³/mol. The quantitative estimate of drug-likeness (QED) is 0.840. The second-order valence-electron chi connectivity index (χ2n) is 4.98. The minimum absolute atomic E-state index is 0.0908. The van der Waals surface area contributed by atoms with Gasteiger partial charge in [0, 0.05) is 18.7 Å². The highest BCUT2D eigenvalue weighted by Gasteiger charge is 2.33. The molecule has 0 spiro atoms. The molecule has 2 aromatic rings. The highest BCUT2D eigenvalue weighted by Crippen LogP contribution is 2.28. The summed E-state index contributed by atoms with van der Waals surface area (Å²) in [6.45, 7) is 4.89. The Hall–Kier alpha value is -1.63. The summed E-state index contributed by atoms with van der Waals surface area (Å²) in [5.41, 5.74) is 0.832. The van der Waals surface area contributed by atoms with Gasteiger partial charge in [-0.2, -0.15) is 4.98 Å². The van der Waals surface area contributed by atoms with Gasteiger partial charge < -0.3 is 13.8 Å². The van der Waals surface area contributed by atoms with Crippen molar-refractivity contribution < 1.29 is 13.7 Å². The normalized spacial score (nSPS) is 18.8. The van der Waals surface area contributed by atoms with Crippen molar-refractivity contribution in [3.05, 3.63) is 33.8 Å². The molecule has 0 radical (unpaired) electrons. The van der Waals surface area contributed by atoms with Crippen LogP contribution >= 0.6 is 15.9 Å². The smallest absolute Gasteiger partial charge is 0.289 e. The molecule has 1 aliphatic heterocycles. The first kappa shape index (κ1) is 13.4. The van der Waals surface area contributed by atoms with E-state index in [-0.39, 0.29) is 11.8 Å². The molecule has 6 nitrogen and oxygen atoms in total. The first-order valence-corrected chi connectivity index (χ1v) is 7.19. The summed E-state index contributed by atoms with van der Waals surface area (Å²) in [6, 6.07) is 1.79. The van der Waals surface area contributed by atoms with Crippen LogP contribution in [-0.2, 0) is 0 Å². The van der Waals surface area contributed by atoms with Gasteiger partial charge in [0.1, 0.15) is 0 Å². The van der Waals surface area contributed by atoms with E-state index in [1.807, 2.05) is 6.92 Å². The summed E-state index contributed by atoms with van der Waals surface area (Å²) < 4.78 is 11.2. The van der Waals surface area contributed by atoms with Crippen molar-refractivity contribution in [3.8, 4) is 0 Å². The molecule has 1 saturated heterocycles. The maximum absolute atomic E-state index is 12.4. The van der Waals surface area contributed by atoms with Crippen LogP contribution < -0.4 is 0 Å². The molecule has 1 fully saturated rings. The molecule has 3 rings (SSSR count). The van der Waals surface area contributed by atoms with Gasteiger partial charge >= 0.3 is 0 Å². The summed E-state index contributed by atoms with van der Waals surface area (Å²) in [5, 5.41) is 3.79. The second kappa shape index (κ2) is 5.05. The SMILES string of the molecule is Cc1noc([C@H]2CCN(C(=O)c3oc(Br)cc3C)C2)n1. The number of hydrogen-bond donors (Lipinski definition) is 0. The van der Waals surface area contributed by atoms with Gasteiger partial charge in [-0.3, -0.25) is 4.79 Å². The zero-order valence-electron chi connectivity index (χ0n) is 11.2. The van der Waals surface area contributed by atoms with Crippen molar-refractivity contribution in [1.82, 2.24) is 15.0 Å². The van der Waals surface area contributed by atoms with E-state index >= 15 is 0 Å². The third-order valence-corrected chi connectivity index (χ3v) is 3.84. The summed E-state index contributed by atoms with van der Waals surface area (Å²) in [6.07, 6.45) is 0.828. The number of carbonyl (C=O) groups excluding carboxylic acids is 1. The lowest BCUT2D eigenvalue weighted by Crippen LogP contribution is -2.28. The summed E-state index contributed by atoms with van der Waals surface area (Å²) >= 11 is 3.24. The van der Waals surface area contributed by atoms with Gasteiger partial charge in [0.25, 0.3) is 5.91 Å². The lowest BCUT2D eigenvalue weighted by molar-refractivity contribution is 0.0755. The average molecular weight is 340 g/mol. The molecule has 20 heavy (non-hydrogen) atoms. The molecule has 0 bridgehead atoms.